The van der Waals surface area contributed by atoms with E-state index in [1.807, 2.05) is 0 Å². The zero-order chi connectivity index (χ0) is 9.52. The van der Waals surface area contributed by atoms with E-state index in [-0.39, 0.29) is 0 Å². The molecule has 0 N–H and O–H groups in total. The van der Waals surface area contributed by atoms with Crippen LogP contribution in [0.25, 0.3) is 0 Å². The first-order valence-corrected chi connectivity index (χ1v) is 5.82. The molecule has 0 spiro atoms. The molecule has 0 unspecified atom stereocenters. The van der Waals surface area contributed by atoms with E-state index in [0.717, 1.165) is 0 Å². The van der Waals surface area contributed by atoms with Gasteiger partial charge in [-0.1, -0.05) is 19.9 Å². The fourth-order valence-corrected chi connectivity index (χ4v) is 2.05. The quantitative estimate of drug-likeness (QED) is 0.627. The lowest BCUT2D eigenvalue weighted by Crippen LogP contribution is -2.25. The van der Waals surface area contributed by atoms with Crippen molar-refractivity contribution in [2.75, 3.05) is 13.1 Å². The maximum atomic E-state index is 2.58. The third-order valence-electron chi connectivity index (χ3n) is 2.66. The van der Waals surface area contributed by atoms with Crippen LogP contribution < -0.4 is 0 Å². The van der Waals surface area contributed by atoms with E-state index in [9.17, 15) is 0 Å². The Hall–Kier alpha value is -0.460. The summed E-state index contributed by atoms with van der Waals surface area (Å²) in [5.74, 6) is 0. The van der Waals surface area contributed by atoms with Crippen LogP contribution in [-0.4, -0.2) is 18.0 Å². The fourth-order valence-electron chi connectivity index (χ4n) is 2.05. The van der Waals surface area contributed by atoms with Crippen LogP contribution in [0.3, 0.4) is 0 Å². The Balaban J connectivity index is 2.46. The minimum Gasteiger partial charge on any atom is -0.375 e. The molecule has 0 saturated carbocycles. The zero-order valence-corrected chi connectivity index (χ0v) is 9.18. The van der Waals surface area contributed by atoms with Gasteiger partial charge in [-0.2, -0.15) is 0 Å². The summed E-state index contributed by atoms with van der Waals surface area (Å²) < 4.78 is 0. The molecule has 0 bridgehead atoms. The smallest absolute Gasteiger partial charge is 0.0172 e. The molecule has 76 valence electrons. The van der Waals surface area contributed by atoms with Crippen molar-refractivity contribution in [1.29, 1.82) is 0 Å². The van der Waals surface area contributed by atoms with Crippen LogP contribution in [0, 0.1) is 0 Å². The highest BCUT2D eigenvalue weighted by molar-refractivity contribution is 5.04. The summed E-state index contributed by atoms with van der Waals surface area (Å²) in [4.78, 5) is 2.58. The SMILES string of the molecule is CCCN(CCC)C1=CCCCC1. The molecule has 0 aromatic carbocycles. The van der Waals surface area contributed by atoms with Crippen LogP contribution in [-0.2, 0) is 0 Å². The van der Waals surface area contributed by atoms with Crippen LogP contribution in [0.5, 0.6) is 0 Å². The first-order chi connectivity index (χ1) is 6.38. The summed E-state index contributed by atoms with van der Waals surface area (Å²) >= 11 is 0. The molecular weight excluding hydrogens is 158 g/mol. The van der Waals surface area contributed by atoms with Crippen LogP contribution in [0.15, 0.2) is 11.8 Å². The summed E-state index contributed by atoms with van der Waals surface area (Å²) in [5, 5.41) is 0. The Morgan fingerprint density at radius 2 is 1.85 bits per heavy atom. The van der Waals surface area contributed by atoms with Gasteiger partial charge in [0.15, 0.2) is 0 Å². The van der Waals surface area contributed by atoms with Gasteiger partial charge in [-0.15, -0.1) is 0 Å². The van der Waals surface area contributed by atoms with Gasteiger partial charge >= 0.3 is 0 Å². The van der Waals surface area contributed by atoms with E-state index < -0.39 is 0 Å². The van der Waals surface area contributed by atoms with Crippen molar-refractivity contribution >= 4 is 0 Å². The maximum Gasteiger partial charge on any atom is 0.0172 e. The van der Waals surface area contributed by atoms with E-state index in [0.29, 0.717) is 0 Å². The predicted octanol–water partition coefficient (Wildman–Crippen LogP) is 3.57. The van der Waals surface area contributed by atoms with Crippen LogP contribution in [0.1, 0.15) is 52.4 Å². The molecule has 1 aliphatic rings. The van der Waals surface area contributed by atoms with Gasteiger partial charge in [0.25, 0.3) is 0 Å². The first-order valence-electron chi connectivity index (χ1n) is 5.82. The van der Waals surface area contributed by atoms with Gasteiger partial charge in [0.05, 0.1) is 0 Å². The van der Waals surface area contributed by atoms with Crippen LogP contribution in [0.2, 0.25) is 0 Å². The maximum absolute atomic E-state index is 2.58. The third-order valence-corrected chi connectivity index (χ3v) is 2.66. The molecule has 0 aromatic heterocycles. The van der Waals surface area contributed by atoms with Gasteiger partial charge in [-0.05, 0) is 38.5 Å². The minimum absolute atomic E-state index is 1.25. The molecule has 0 radical (unpaired) electrons. The number of hydrogen-bond acceptors (Lipinski definition) is 1. The highest BCUT2D eigenvalue weighted by Gasteiger charge is 2.09. The van der Waals surface area contributed by atoms with Gasteiger partial charge in [0.1, 0.15) is 0 Å². The summed E-state index contributed by atoms with van der Waals surface area (Å²) in [6.07, 6.45) is 10.4. The van der Waals surface area contributed by atoms with Crippen molar-refractivity contribution in [1.82, 2.24) is 4.90 Å². The second-order valence-electron chi connectivity index (χ2n) is 3.93. The molecule has 0 aliphatic heterocycles. The highest BCUT2D eigenvalue weighted by Crippen LogP contribution is 2.21. The zero-order valence-electron chi connectivity index (χ0n) is 9.18. The molecule has 0 aromatic rings. The second-order valence-corrected chi connectivity index (χ2v) is 3.93. The topological polar surface area (TPSA) is 3.24 Å². The Kier molecular flexibility index (Phi) is 4.95. The van der Waals surface area contributed by atoms with Crippen LogP contribution in [0.4, 0.5) is 0 Å². The number of hydrogen-bond donors (Lipinski definition) is 0. The molecule has 0 heterocycles. The molecular formula is C12H23N. The summed E-state index contributed by atoms with van der Waals surface area (Å²) in [6, 6.07) is 0. The Labute approximate surface area is 82.8 Å². The van der Waals surface area contributed by atoms with E-state index >= 15 is 0 Å². The molecule has 1 aliphatic carbocycles. The minimum atomic E-state index is 1.25. The van der Waals surface area contributed by atoms with E-state index in [4.69, 9.17) is 0 Å². The average molecular weight is 181 g/mol. The second kappa shape index (κ2) is 6.06. The molecule has 0 saturated heterocycles. The van der Waals surface area contributed by atoms with Crippen molar-refractivity contribution in [3.05, 3.63) is 11.8 Å². The third kappa shape index (κ3) is 3.41. The Morgan fingerprint density at radius 3 is 2.31 bits per heavy atom. The first kappa shape index (κ1) is 10.6. The van der Waals surface area contributed by atoms with E-state index in [1.165, 1.54) is 51.6 Å². The molecule has 13 heavy (non-hydrogen) atoms. The van der Waals surface area contributed by atoms with Crippen molar-refractivity contribution in [3.8, 4) is 0 Å². The standard InChI is InChI=1S/C12H23N/c1-3-10-13(11-4-2)12-8-6-5-7-9-12/h8H,3-7,9-11H2,1-2H3. The summed E-state index contributed by atoms with van der Waals surface area (Å²) in [5.41, 5.74) is 1.62. The lowest BCUT2D eigenvalue weighted by atomic mass is 10.0. The molecule has 1 nitrogen and oxygen atoms in total. The Bertz CT molecular complexity index is 155. The van der Waals surface area contributed by atoms with E-state index in [2.05, 4.69) is 24.8 Å². The number of nitrogens with zero attached hydrogens (tertiary/aromatic N) is 1. The van der Waals surface area contributed by atoms with Crippen LogP contribution >= 0.6 is 0 Å². The lowest BCUT2D eigenvalue weighted by molar-refractivity contribution is 0.323. The van der Waals surface area contributed by atoms with Gasteiger partial charge in [0, 0.05) is 18.8 Å². The number of rotatable bonds is 5. The highest BCUT2D eigenvalue weighted by atomic mass is 15.1. The van der Waals surface area contributed by atoms with Gasteiger partial charge in [-0.3, -0.25) is 0 Å². The average Bonchev–Trinajstić information content (AvgIpc) is 2.19. The van der Waals surface area contributed by atoms with Gasteiger partial charge in [-0.25, -0.2) is 0 Å². The molecule has 1 rings (SSSR count). The summed E-state index contributed by atoms with van der Waals surface area (Å²) in [6.45, 7) is 7.04. The molecule has 0 amide bonds. The summed E-state index contributed by atoms with van der Waals surface area (Å²) in [7, 11) is 0. The van der Waals surface area contributed by atoms with Gasteiger partial charge in [0.2, 0.25) is 0 Å². The predicted molar refractivity (Wildman–Crippen MR) is 58.7 cm³/mol. The van der Waals surface area contributed by atoms with Gasteiger partial charge < -0.3 is 4.90 Å². The largest absolute Gasteiger partial charge is 0.375 e. The normalized spacial score (nSPS) is 16.9. The Morgan fingerprint density at radius 1 is 1.15 bits per heavy atom. The lowest BCUT2D eigenvalue weighted by Gasteiger charge is -2.28. The molecule has 0 atom stereocenters. The van der Waals surface area contributed by atoms with Crippen molar-refractivity contribution in [3.63, 3.8) is 0 Å². The number of allylic oxidation sites excluding steroid dienone is 2. The monoisotopic (exact) mass is 181 g/mol. The fraction of sp³-hybridized carbons (Fsp3) is 0.833. The molecule has 0 fully saturated rings. The van der Waals surface area contributed by atoms with Crippen molar-refractivity contribution < 1.29 is 0 Å². The van der Waals surface area contributed by atoms with E-state index in [1.54, 1.807) is 5.70 Å². The molecule has 1 heteroatoms. The van der Waals surface area contributed by atoms with Crippen molar-refractivity contribution in [2.45, 2.75) is 52.4 Å². The van der Waals surface area contributed by atoms with Crippen molar-refractivity contribution in [2.24, 2.45) is 0 Å².